The zero-order valence-corrected chi connectivity index (χ0v) is 13.1. The van der Waals surface area contributed by atoms with Gasteiger partial charge >= 0.3 is 0 Å². The van der Waals surface area contributed by atoms with Gasteiger partial charge in [-0.3, -0.25) is 4.90 Å². The standard InChI is InChI=1S/C17H32N2/c1-4-10-18-13-11-14-7-8-15(12-13)19(14)16-6-5-9-17(16,2)3/h13-16,18H,4-12H2,1-3H3. The summed E-state index contributed by atoms with van der Waals surface area (Å²) in [6.07, 6.45) is 11.3. The molecule has 0 radical (unpaired) electrons. The van der Waals surface area contributed by atoms with Crippen LogP contribution in [0.15, 0.2) is 0 Å². The third kappa shape index (κ3) is 2.58. The SMILES string of the molecule is CCCNC1CC2CCC(C1)N2C1CCCC1(C)C. The largest absolute Gasteiger partial charge is 0.314 e. The van der Waals surface area contributed by atoms with Crippen molar-refractivity contribution in [3.05, 3.63) is 0 Å². The highest BCUT2D eigenvalue weighted by Crippen LogP contribution is 2.47. The number of hydrogen-bond acceptors (Lipinski definition) is 2. The van der Waals surface area contributed by atoms with Crippen molar-refractivity contribution in [2.24, 2.45) is 5.41 Å². The Hall–Kier alpha value is -0.0800. The van der Waals surface area contributed by atoms with Gasteiger partial charge < -0.3 is 5.32 Å². The van der Waals surface area contributed by atoms with Crippen molar-refractivity contribution in [2.75, 3.05) is 6.54 Å². The fourth-order valence-corrected chi connectivity index (χ4v) is 5.10. The summed E-state index contributed by atoms with van der Waals surface area (Å²) in [5.41, 5.74) is 0.560. The Bertz CT molecular complexity index is 298. The molecule has 0 spiro atoms. The minimum absolute atomic E-state index is 0.560. The molecule has 110 valence electrons. The molecule has 3 aliphatic rings. The van der Waals surface area contributed by atoms with E-state index in [-0.39, 0.29) is 0 Å². The highest BCUT2D eigenvalue weighted by Gasteiger charge is 2.49. The van der Waals surface area contributed by atoms with Crippen molar-refractivity contribution in [1.29, 1.82) is 0 Å². The third-order valence-electron chi connectivity index (χ3n) is 6.03. The van der Waals surface area contributed by atoms with Crippen LogP contribution in [-0.4, -0.2) is 35.6 Å². The van der Waals surface area contributed by atoms with E-state index in [1.807, 2.05) is 0 Å². The highest BCUT2D eigenvalue weighted by molar-refractivity contribution is 5.04. The first-order chi connectivity index (χ1) is 9.12. The zero-order valence-electron chi connectivity index (χ0n) is 13.1. The molecule has 19 heavy (non-hydrogen) atoms. The molecule has 0 amide bonds. The van der Waals surface area contributed by atoms with E-state index in [0.29, 0.717) is 5.41 Å². The first-order valence-corrected chi connectivity index (χ1v) is 8.62. The lowest BCUT2D eigenvalue weighted by Gasteiger charge is -2.47. The maximum atomic E-state index is 3.78. The smallest absolute Gasteiger partial charge is 0.0152 e. The van der Waals surface area contributed by atoms with Gasteiger partial charge in [0.1, 0.15) is 0 Å². The molecule has 1 aliphatic carbocycles. The Balaban J connectivity index is 1.66. The number of rotatable bonds is 4. The summed E-state index contributed by atoms with van der Waals surface area (Å²) in [7, 11) is 0. The van der Waals surface area contributed by atoms with Crippen LogP contribution in [0, 0.1) is 5.41 Å². The van der Waals surface area contributed by atoms with Gasteiger partial charge in [-0.05, 0) is 56.9 Å². The quantitative estimate of drug-likeness (QED) is 0.835. The minimum atomic E-state index is 0.560. The Labute approximate surface area is 119 Å². The van der Waals surface area contributed by atoms with Crippen molar-refractivity contribution >= 4 is 0 Å². The summed E-state index contributed by atoms with van der Waals surface area (Å²) >= 11 is 0. The van der Waals surface area contributed by atoms with E-state index in [0.717, 1.165) is 24.2 Å². The van der Waals surface area contributed by atoms with Crippen LogP contribution in [0.1, 0.15) is 72.1 Å². The Morgan fingerprint density at radius 3 is 2.32 bits per heavy atom. The topological polar surface area (TPSA) is 15.3 Å². The molecule has 1 saturated carbocycles. The summed E-state index contributed by atoms with van der Waals surface area (Å²) in [5.74, 6) is 0. The monoisotopic (exact) mass is 264 g/mol. The van der Waals surface area contributed by atoms with Crippen molar-refractivity contribution in [3.63, 3.8) is 0 Å². The molecule has 2 heterocycles. The molecular formula is C17H32N2. The molecule has 2 saturated heterocycles. The van der Waals surface area contributed by atoms with Crippen LogP contribution in [0.3, 0.4) is 0 Å². The van der Waals surface area contributed by atoms with Crippen LogP contribution in [0.4, 0.5) is 0 Å². The average Bonchev–Trinajstić information content (AvgIpc) is 2.82. The van der Waals surface area contributed by atoms with Crippen LogP contribution in [0.2, 0.25) is 0 Å². The fourth-order valence-electron chi connectivity index (χ4n) is 5.10. The molecule has 2 bridgehead atoms. The van der Waals surface area contributed by atoms with Crippen LogP contribution in [0.25, 0.3) is 0 Å². The third-order valence-corrected chi connectivity index (χ3v) is 6.03. The molecule has 2 nitrogen and oxygen atoms in total. The van der Waals surface area contributed by atoms with E-state index in [2.05, 4.69) is 31.0 Å². The van der Waals surface area contributed by atoms with Crippen molar-refractivity contribution in [3.8, 4) is 0 Å². The van der Waals surface area contributed by atoms with Crippen LogP contribution >= 0.6 is 0 Å². The van der Waals surface area contributed by atoms with E-state index < -0.39 is 0 Å². The molecule has 3 rings (SSSR count). The van der Waals surface area contributed by atoms with Gasteiger partial charge in [0.05, 0.1) is 0 Å². The molecule has 1 N–H and O–H groups in total. The molecule has 0 aromatic heterocycles. The van der Waals surface area contributed by atoms with Crippen molar-refractivity contribution in [2.45, 2.75) is 96.3 Å². The number of nitrogens with zero attached hydrogens (tertiary/aromatic N) is 1. The van der Waals surface area contributed by atoms with Gasteiger partial charge in [0.15, 0.2) is 0 Å². The van der Waals surface area contributed by atoms with Crippen LogP contribution in [0.5, 0.6) is 0 Å². The van der Waals surface area contributed by atoms with E-state index in [1.54, 1.807) is 0 Å². The van der Waals surface area contributed by atoms with Crippen LogP contribution in [-0.2, 0) is 0 Å². The Morgan fingerprint density at radius 2 is 1.79 bits per heavy atom. The predicted molar refractivity (Wildman–Crippen MR) is 81.4 cm³/mol. The van der Waals surface area contributed by atoms with Gasteiger partial charge in [0, 0.05) is 24.2 Å². The molecule has 3 unspecified atom stereocenters. The second kappa shape index (κ2) is 5.37. The maximum absolute atomic E-state index is 3.78. The summed E-state index contributed by atoms with van der Waals surface area (Å²) in [6, 6.07) is 3.45. The molecule has 2 aliphatic heterocycles. The predicted octanol–water partition coefficient (Wildman–Crippen LogP) is 3.56. The van der Waals surface area contributed by atoms with Gasteiger partial charge in [-0.1, -0.05) is 27.2 Å². The molecule has 3 atom stereocenters. The molecular weight excluding hydrogens is 232 g/mol. The van der Waals surface area contributed by atoms with Gasteiger partial charge in [0.2, 0.25) is 0 Å². The number of hydrogen-bond donors (Lipinski definition) is 1. The Kier molecular flexibility index (Phi) is 3.92. The Morgan fingerprint density at radius 1 is 1.11 bits per heavy atom. The number of fused-ring (bicyclic) bond motifs is 2. The lowest BCUT2D eigenvalue weighted by molar-refractivity contribution is 0.0260. The van der Waals surface area contributed by atoms with Gasteiger partial charge in [-0.2, -0.15) is 0 Å². The zero-order chi connectivity index (χ0) is 13.5. The second-order valence-corrected chi connectivity index (χ2v) is 7.85. The van der Waals surface area contributed by atoms with E-state index in [4.69, 9.17) is 0 Å². The normalized spacial score (nSPS) is 41.8. The summed E-state index contributed by atoms with van der Waals surface area (Å²) in [6.45, 7) is 8.49. The van der Waals surface area contributed by atoms with Gasteiger partial charge in [-0.25, -0.2) is 0 Å². The summed E-state index contributed by atoms with van der Waals surface area (Å²) in [5, 5.41) is 3.78. The van der Waals surface area contributed by atoms with Gasteiger partial charge in [-0.15, -0.1) is 0 Å². The van der Waals surface area contributed by atoms with Gasteiger partial charge in [0.25, 0.3) is 0 Å². The van der Waals surface area contributed by atoms with Crippen molar-refractivity contribution < 1.29 is 0 Å². The minimum Gasteiger partial charge on any atom is -0.314 e. The van der Waals surface area contributed by atoms with Crippen LogP contribution < -0.4 is 5.32 Å². The molecule has 2 heteroatoms. The maximum Gasteiger partial charge on any atom is 0.0152 e. The highest BCUT2D eigenvalue weighted by atomic mass is 15.3. The number of nitrogens with one attached hydrogen (secondary N) is 1. The average molecular weight is 264 g/mol. The summed E-state index contributed by atoms with van der Waals surface area (Å²) in [4.78, 5) is 2.97. The fraction of sp³-hybridized carbons (Fsp3) is 1.00. The lowest BCUT2D eigenvalue weighted by atomic mass is 9.83. The van der Waals surface area contributed by atoms with Crippen molar-refractivity contribution in [1.82, 2.24) is 10.2 Å². The molecule has 0 aromatic carbocycles. The van der Waals surface area contributed by atoms with E-state index in [1.165, 1.54) is 57.9 Å². The second-order valence-electron chi connectivity index (χ2n) is 7.85. The molecule has 3 fully saturated rings. The van der Waals surface area contributed by atoms with E-state index in [9.17, 15) is 0 Å². The lowest BCUT2D eigenvalue weighted by Crippen LogP contribution is -2.55. The first-order valence-electron chi connectivity index (χ1n) is 8.62. The number of piperidine rings is 1. The molecule has 0 aromatic rings. The summed E-state index contributed by atoms with van der Waals surface area (Å²) < 4.78 is 0. The first kappa shape index (κ1) is 13.9. The van der Waals surface area contributed by atoms with E-state index >= 15 is 0 Å².